The summed E-state index contributed by atoms with van der Waals surface area (Å²) in [6.07, 6.45) is 2.80. The van der Waals surface area contributed by atoms with E-state index in [1.165, 1.54) is 0 Å². The van der Waals surface area contributed by atoms with Gasteiger partial charge in [0, 0.05) is 12.1 Å². The topological polar surface area (TPSA) is 45.0 Å². The van der Waals surface area contributed by atoms with Gasteiger partial charge in [-0.3, -0.25) is 0 Å². The number of para-hydroxylation sites is 1. The first-order valence-electron chi connectivity index (χ1n) is 7.52. The zero-order valence-electron chi connectivity index (χ0n) is 13.2. The number of benzene rings is 1. The van der Waals surface area contributed by atoms with E-state index in [1.54, 1.807) is 0 Å². The van der Waals surface area contributed by atoms with Crippen LogP contribution >= 0.6 is 11.6 Å². The lowest BCUT2D eigenvalue weighted by Gasteiger charge is -2.16. The summed E-state index contributed by atoms with van der Waals surface area (Å²) in [7, 11) is 0. The van der Waals surface area contributed by atoms with Crippen molar-refractivity contribution in [1.82, 2.24) is 5.32 Å². The number of ether oxygens (including phenoxy) is 1. The Bertz CT molecular complexity index is 480. The van der Waals surface area contributed by atoms with Gasteiger partial charge in [-0.2, -0.15) is 5.26 Å². The fraction of sp³-hybridized carbons (Fsp3) is 0.588. The summed E-state index contributed by atoms with van der Waals surface area (Å²) < 4.78 is 5.86. The number of hydrogen-bond acceptors (Lipinski definition) is 3. The molecule has 0 spiro atoms. The molecule has 0 heterocycles. The summed E-state index contributed by atoms with van der Waals surface area (Å²) in [6.45, 7) is 8.31. The summed E-state index contributed by atoms with van der Waals surface area (Å²) in [5.74, 6) is 0.777. The second-order valence-corrected chi connectivity index (χ2v) is 6.22. The number of unbranched alkanes of at least 4 members (excludes halogenated alkanes) is 1. The minimum atomic E-state index is -0.249. The molecule has 4 heteroatoms. The summed E-state index contributed by atoms with van der Waals surface area (Å²) in [6, 6.07) is 8.15. The average Bonchev–Trinajstić information content (AvgIpc) is 2.46. The van der Waals surface area contributed by atoms with Gasteiger partial charge in [0.05, 0.1) is 23.1 Å². The predicted octanol–water partition coefficient (Wildman–Crippen LogP) is 4.55. The normalized spacial score (nSPS) is 11.2. The molecule has 0 fully saturated rings. The van der Waals surface area contributed by atoms with Gasteiger partial charge < -0.3 is 10.1 Å². The Kier molecular flexibility index (Phi) is 7.56. The van der Waals surface area contributed by atoms with Crippen LogP contribution in [0, 0.1) is 16.7 Å². The molecule has 0 amide bonds. The first kappa shape index (κ1) is 17.8. The van der Waals surface area contributed by atoms with E-state index in [0.29, 0.717) is 11.6 Å². The molecule has 1 N–H and O–H groups in total. The van der Waals surface area contributed by atoms with Crippen LogP contribution in [0.4, 0.5) is 0 Å². The lowest BCUT2D eigenvalue weighted by Crippen LogP contribution is -2.13. The molecule has 0 atom stereocenters. The molecular formula is C17H25ClN2O. The minimum Gasteiger partial charge on any atom is -0.492 e. The Labute approximate surface area is 133 Å². The molecule has 0 aromatic heterocycles. The van der Waals surface area contributed by atoms with Crippen molar-refractivity contribution in [1.29, 1.82) is 5.26 Å². The van der Waals surface area contributed by atoms with Gasteiger partial charge in [0.15, 0.2) is 0 Å². The lowest BCUT2D eigenvalue weighted by molar-refractivity contribution is 0.292. The van der Waals surface area contributed by atoms with Crippen molar-refractivity contribution >= 4 is 11.6 Å². The molecule has 0 radical (unpaired) electrons. The van der Waals surface area contributed by atoms with Crippen LogP contribution < -0.4 is 10.1 Å². The molecule has 0 unspecified atom stereocenters. The highest BCUT2D eigenvalue weighted by Gasteiger charge is 2.15. The maximum Gasteiger partial charge on any atom is 0.142 e. The van der Waals surface area contributed by atoms with Gasteiger partial charge in [0.1, 0.15) is 5.75 Å². The van der Waals surface area contributed by atoms with Crippen molar-refractivity contribution in [3.05, 3.63) is 28.8 Å². The molecule has 0 aliphatic heterocycles. The maximum absolute atomic E-state index is 8.98. The predicted molar refractivity (Wildman–Crippen MR) is 87.6 cm³/mol. The highest BCUT2D eigenvalue weighted by Crippen LogP contribution is 2.29. The summed E-state index contributed by atoms with van der Waals surface area (Å²) >= 11 is 6.22. The zero-order chi connectivity index (χ0) is 15.7. The molecule has 0 bridgehead atoms. The van der Waals surface area contributed by atoms with Crippen LogP contribution in [-0.2, 0) is 6.54 Å². The smallest absolute Gasteiger partial charge is 0.142 e. The van der Waals surface area contributed by atoms with E-state index in [-0.39, 0.29) is 5.41 Å². The molecule has 0 aliphatic carbocycles. The summed E-state index contributed by atoms with van der Waals surface area (Å²) in [4.78, 5) is 0. The number of nitriles is 1. The molecule has 3 nitrogen and oxygen atoms in total. The third kappa shape index (κ3) is 6.37. The molecule has 21 heavy (non-hydrogen) atoms. The van der Waals surface area contributed by atoms with Gasteiger partial charge in [0.25, 0.3) is 0 Å². The maximum atomic E-state index is 8.98. The summed E-state index contributed by atoms with van der Waals surface area (Å²) in [5.41, 5.74) is 0.836. The van der Waals surface area contributed by atoms with E-state index < -0.39 is 0 Å². The van der Waals surface area contributed by atoms with Crippen LogP contribution in [0.5, 0.6) is 5.75 Å². The molecular weight excluding hydrogens is 284 g/mol. The number of halogens is 1. The SMILES string of the molecule is CCNCc1cccc(Cl)c1OCCCCC(C)(C)C#N. The van der Waals surface area contributed by atoms with Gasteiger partial charge in [-0.15, -0.1) is 0 Å². The van der Waals surface area contributed by atoms with E-state index in [1.807, 2.05) is 32.0 Å². The van der Waals surface area contributed by atoms with E-state index >= 15 is 0 Å². The Morgan fingerprint density at radius 2 is 2.10 bits per heavy atom. The first-order chi connectivity index (χ1) is 10.00. The first-order valence-corrected chi connectivity index (χ1v) is 7.90. The Hall–Kier alpha value is -1.24. The molecule has 0 saturated carbocycles. The second-order valence-electron chi connectivity index (χ2n) is 5.81. The average molecular weight is 309 g/mol. The molecule has 0 aliphatic rings. The number of hydrogen-bond donors (Lipinski definition) is 1. The Balaban J connectivity index is 2.46. The largest absolute Gasteiger partial charge is 0.492 e. The van der Waals surface area contributed by atoms with Crippen molar-refractivity contribution < 1.29 is 4.74 Å². The van der Waals surface area contributed by atoms with Crippen molar-refractivity contribution in [3.63, 3.8) is 0 Å². The fourth-order valence-electron chi connectivity index (χ4n) is 2.01. The minimum absolute atomic E-state index is 0.249. The van der Waals surface area contributed by atoms with E-state index in [9.17, 15) is 0 Å². The Morgan fingerprint density at radius 1 is 1.33 bits per heavy atom. The van der Waals surface area contributed by atoms with E-state index in [2.05, 4.69) is 18.3 Å². The molecule has 116 valence electrons. The molecule has 1 rings (SSSR count). The van der Waals surface area contributed by atoms with Gasteiger partial charge >= 0.3 is 0 Å². The van der Waals surface area contributed by atoms with Crippen molar-refractivity contribution in [2.24, 2.45) is 5.41 Å². The van der Waals surface area contributed by atoms with Crippen molar-refractivity contribution in [2.75, 3.05) is 13.2 Å². The van der Waals surface area contributed by atoms with Crippen LogP contribution in [0.3, 0.4) is 0 Å². The van der Waals surface area contributed by atoms with Crippen LogP contribution in [0.1, 0.15) is 45.6 Å². The van der Waals surface area contributed by atoms with Crippen LogP contribution in [-0.4, -0.2) is 13.2 Å². The lowest BCUT2D eigenvalue weighted by atomic mass is 9.89. The number of nitrogens with one attached hydrogen (secondary N) is 1. The van der Waals surface area contributed by atoms with Crippen molar-refractivity contribution in [3.8, 4) is 11.8 Å². The third-order valence-electron chi connectivity index (χ3n) is 3.36. The van der Waals surface area contributed by atoms with E-state index in [4.69, 9.17) is 21.6 Å². The third-order valence-corrected chi connectivity index (χ3v) is 3.66. The highest BCUT2D eigenvalue weighted by molar-refractivity contribution is 6.32. The second kappa shape index (κ2) is 8.92. The van der Waals surface area contributed by atoms with Gasteiger partial charge in [0.2, 0.25) is 0 Å². The Morgan fingerprint density at radius 3 is 2.76 bits per heavy atom. The molecule has 1 aromatic carbocycles. The fourth-order valence-corrected chi connectivity index (χ4v) is 2.26. The quantitative estimate of drug-likeness (QED) is 0.681. The highest BCUT2D eigenvalue weighted by atomic mass is 35.5. The van der Waals surface area contributed by atoms with Crippen LogP contribution in [0.25, 0.3) is 0 Å². The number of nitrogens with zero attached hydrogens (tertiary/aromatic N) is 1. The van der Waals surface area contributed by atoms with Gasteiger partial charge in [-0.1, -0.05) is 30.7 Å². The van der Waals surface area contributed by atoms with E-state index in [0.717, 1.165) is 43.7 Å². The molecule has 1 aromatic rings. The summed E-state index contributed by atoms with van der Waals surface area (Å²) in [5, 5.41) is 12.9. The van der Waals surface area contributed by atoms with Crippen LogP contribution in [0.15, 0.2) is 18.2 Å². The number of rotatable bonds is 9. The van der Waals surface area contributed by atoms with Crippen molar-refractivity contribution in [2.45, 2.75) is 46.6 Å². The zero-order valence-corrected chi connectivity index (χ0v) is 14.0. The van der Waals surface area contributed by atoms with Gasteiger partial charge in [-0.25, -0.2) is 0 Å². The standard InChI is InChI=1S/C17H25ClN2O/c1-4-20-12-14-8-7-9-15(18)16(14)21-11-6-5-10-17(2,3)13-19/h7-9,20H,4-6,10-12H2,1-3H3. The molecule has 0 saturated heterocycles. The van der Waals surface area contributed by atoms with Gasteiger partial charge in [-0.05, 0) is 45.7 Å². The monoisotopic (exact) mass is 308 g/mol. The van der Waals surface area contributed by atoms with Crippen LogP contribution in [0.2, 0.25) is 5.02 Å².